The Morgan fingerprint density at radius 1 is 1.35 bits per heavy atom. The number of aliphatic hydroxyl groups excluding tert-OH is 1. The molecule has 0 saturated carbocycles. The Kier molecular flexibility index (Phi) is 4.57. The van der Waals surface area contributed by atoms with Crippen LogP contribution in [0.15, 0.2) is 30.3 Å². The highest BCUT2D eigenvalue weighted by atomic mass is 16.3. The fourth-order valence-electron chi connectivity index (χ4n) is 2.81. The van der Waals surface area contributed by atoms with Gasteiger partial charge in [0.25, 0.3) is 0 Å². The van der Waals surface area contributed by atoms with Gasteiger partial charge >= 0.3 is 0 Å². The van der Waals surface area contributed by atoms with Crippen LogP contribution >= 0.6 is 0 Å². The fourth-order valence-corrected chi connectivity index (χ4v) is 2.81. The summed E-state index contributed by atoms with van der Waals surface area (Å²) in [6, 6.07) is 10.7. The van der Waals surface area contributed by atoms with Crippen molar-refractivity contribution in [3.8, 4) is 0 Å². The van der Waals surface area contributed by atoms with Crippen molar-refractivity contribution in [1.82, 2.24) is 4.90 Å². The van der Waals surface area contributed by atoms with Crippen molar-refractivity contribution < 1.29 is 5.11 Å². The van der Waals surface area contributed by atoms with Crippen LogP contribution in [0.2, 0.25) is 0 Å². The van der Waals surface area contributed by atoms with Crippen LogP contribution in [0.4, 0.5) is 0 Å². The number of hydrogen-bond donors (Lipinski definition) is 1. The summed E-state index contributed by atoms with van der Waals surface area (Å²) in [7, 11) is 0. The molecular weight excluding hydrogens is 210 g/mol. The molecule has 1 saturated heterocycles. The topological polar surface area (TPSA) is 23.5 Å². The molecule has 0 spiro atoms. The van der Waals surface area contributed by atoms with Crippen LogP contribution in [-0.4, -0.2) is 29.2 Å². The monoisotopic (exact) mass is 233 g/mol. The molecule has 1 aromatic carbocycles. The molecule has 2 heteroatoms. The molecule has 2 nitrogen and oxygen atoms in total. The average molecular weight is 233 g/mol. The first kappa shape index (κ1) is 12.6. The summed E-state index contributed by atoms with van der Waals surface area (Å²) in [6.07, 6.45) is 3.34. The van der Waals surface area contributed by atoms with Crippen LogP contribution in [0.1, 0.15) is 31.7 Å². The van der Waals surface area contributed by atoms with Gasteiger partial charge in [0, 0.05) is 13.1 Å². The van der Waals surface area contributed by atoms with E-state index in [9.17, 15) is 5.11 Å². The van der Waals surface area contributed by atoms with Crippen molar-refractivity contribution in [2.45, 2.75) is 38.8 Å². The minimum absolute atomic E-state index is 0.156. The zero-order chi connectivity index (χ0) is 12.1. The lowest BCUT2D eigenvalue weighted by molar-refractivity contribution is 0.107. The van der Waals surface area contributed by atoms with Crippen molar-refractivity contribution >= 4 is 0 Å². The van der Waals surface area contributed by atoms with E-state index in [0.717, 1.165) is 19.5 Å². The summed E-state index contributed by atoms with van der Waals surface area (Å²) in [5.74, 6) is 0.674. The van der Waals surface area contributed by atoms with E-state index in [1.165, 1.54) is 24.9 Å². The van der Waals surface area contributed by atoms with Crippen LogP contribution in [0.25, 0.3) is 0 Å². The molecule has 2 rings (SSSR count). The van der Waals surface area contributed by atoms with Gasteiger partial charge in [-0.25, -0.2) is 0 Å². The largest absolute Gasteiger partial charge is 0.393 e. The Labute approximate surface area is 104 Å². The molecule has 17 heavy (non-hydrogen) atoms. The van der Waals surface area contributed by atoms with Crippen LogP contribution in [-0.2, 0) is 6.54 Å². The average Bonchev–Trinajstić information content (AvgIpc) is 2.30. The Morgan fingerprint density at radius 3 is 2.82 bits per heavy atom. The number of hydrogen-bond acceptors (Lipinski definition) is 2. The molecule has 0 aliphatic carbocycles. The van der Waals surface area contributed by atoms with Crippen molar-refractivity contribution in [2.75, 3.05) is 13.1 Å². The molecule has 1 aliphatic rings. The number of benzene rings is 1. The predicted octanol–water partition coefficient (Wildman–Crippen LogP) is 2.67. The predicted molar refractivity (Wildman–Crippen MR) is 70.7 cm³/mol. The minimum Gasteiger partial charge on any atom is -0.393 e. The van der Waals surface area contributed by atoms with E-state index in [0.29, 0.717) is 5.92 Å². The lowest BCUT2D eigenvalue weighted by Crippen LogP contribution is -2.35. The van der Waals surface area contributed by atoms with E-state index in [4.69, 9.17) is 0 Å². The van der Waals surface area contributed by atoms with Gasteiger partial charge in [0.1, 0.15) is 0 Å². The SMILES string of the molecule is C[C@H](O)CC1CCCN(Cc2ccccc2)C1. The van der Waals surface area contributed by atoms with Gasteiger partial charge in [0.15, 0.2) is 0 Å². The molecule has 0 radical (unpaired) electrons. The molecule has 0 aromatic heterocycles. The number of likely N-dealkylation sites (tertiary alicyclic amines) is 1. The van der Waals surface area contributed by atoms with E-state index < -0.39 is 0 Å². The van der Waals surface area contributed by atoms with E-state index in [2.05, 4.69) is 35.2 Å². The normalized spacial score (nSPS) is 23.5. The van der Waals surface area contributed by atoms with Crippen LogP contribution in [0.5, 0.6) is 0 Å². The molecule has 94 valence electrons. The maximum atomic E-state index is 9.46. The summed E-state index contributed by atoms with van der Waals surface area (Å²) in [6.45, 7) is 5.29. The van der Waals surface area contributed by atoms with Crippen molar-refractivity contribution in [3.63, 3.8) is 0 Å². The molecule has 1 aliphatic heterocycles. The van der Waals surface area contributed by atoms with E-state index in [1.807, 2.05) is 6.92 Å². The van der Waals surface area contributed by atoms with E-state index in [-0.39, 0.29) is 6.10 Å². The second kappa shape index (κ2) is 6.18. The van der Waals surface area contributed by atoms with E-state index >= 15 is 0 Å². The zero-order valence-electron chi connectivity index (χ0n) is 10.7. The van der Waals surface area contributed by atoms with Gasteiger partial charge in [-0.05, 0) is 44.2 Å². The molecule has 0 bridgehead atoms. The molecule has 1 heterocycles. The molecule has 1 aromatic rings. The molecule has 1 fully saturated rings. The Morgan fingerprint density at radius 2 is 2.12 bits per heavy atom. The van der Waals surface area contributed by atoms with E-state index in [1.54, 1.807) is 0 Å². The third kappa shape index (κ3) is 4.14. The first-order chi connectivity index (χ1) is 8.24. The van der Waals surface area contributed by atoms with Crippen molar-refractivity contribution in [1.29, 1.82) is 0 Å². The van der Waals surface area contributed by atoms with Gasteiger partial charge in [-0.3, -0.25) is 4.90 Å². The standard InChI is InChI=1S/C15H23NO/c1-13(17)10-15-8-5-9-16(12-15)11-14-6-3-2-4-7-14/h2-4,6-7,13,15,17H,5,8-12H2,1H3/t13-,15?/m0/s1. The summed E-state index contributed by atoms with van der Waals surface area (Å²) in [5.41, 5.74) is 1.39. The molecule has 2 atom stereocenters. The van der Waals surface area contributed by atoms with Gasteiger partial charge < -0.3 is 5.11 Å². The summed E-state index contributed by atoms with van der Waals surface area (Å²) in [4.78, 5) is 2.52. The van der Waals surface area contributed by atoms with Crippen molar-refractivity contribution in [3.05, 3.63) is 35.9 Å². The number of nitrogens with zero attached hydrogens (tertiary/aromatic N) is 1. The third-order valence-electron chi connectivity index (χ3n) is 3.53. The minimum atomic E-state index is -0.156. The zero-order valence-corrected chi connectivity index (χ0v) is 10.7. The number of piperidine rings is 1. The van der Waals surface area contributed by atoms with Gasteiger partial charge in [-0.2, -0.15) is 0 Å². The maximum absolute atomic E-state index is 9.46. The molecular formula is C15H23NO. The highest BCUT2D eigenvalue weighted by Crippen LogP contribution is 2.22. The molecule has 1 N–H and O–H groups in total. The Bertz CT molecular complexity index is 323. The maximum Gasteiger partial charge on any atom is 0.0515 e. The summed E-state index contributed by atoms with van der Waals surface area (Å²) < 4.78 is 0. The Hall–Kier alpha value is -0.860. The first-order valence-electron chi connectivity index (χ1n) is 6.68. The highest BCUT2D eigenvalue weighted by Gasteiger charge is 2.20. The Balaban J connectivity index is 1.85. The smallest absolute Gasteiger partial charge is 0.0515 e. The van der Waals surface area contributed by atoms with Crippen molar-refractivity contribution in [2.24, 2.45) is 5.92 Å². The highest BCUT2D eigenvalue weighted by molar-refractivity contribution is 5.14. The van der Waals surface area contributed by atoms with Gasteiger partial charge in [0.2, 0.25) is 0 Å². The lowest BCUT2D eigenvalue weighted by atomic mass is 9.92. The third-order valence-corrected chi connectivity index (χ3v) is 3.53. The number of aliphatic hydroxyl groups is 1. The van der Waals surface area contributed by atoms with Crippen LogP contribution in [0.3, 0.4) is 0 Å². The summed E-state index contributed by atoms with van der Waals surface area (Å²) >= 11 is 0. The quantitative estimate of drug-likeness (QED) is 0.864. The second-order valence-corrected chi connectivity index (χ2v) is 5.31. The van der Waals surface area contributed by atoms with Gasteiger partial charge in [0.05, 0.1) is 6.10 Å². The second-order valence-electron chi connectivity index (χ2n) is 5.31. The first-order valence-corrected chi connectivity index (χ1v) is 6.68. The van der Waals surface area contributed by atoms with Crippen LogP contribution in [0, 0.1) is 5.92 Å². The van der Waals surface area contributed by atoms with Gasteiger partial charge in [-0.1, -0.05) is 30.3 Å². The summed E-state index contributed by atoms with van der Waals surface area (Å²) in [5, 5.41) is 9.46. The molecule has 1 unspecified atom stereocenters. The fraction of sp³-hybridized carbons (Fsp3) is 0.600. The lowest BCUT2D eigenvalue weighted by Gasteiger charge is -2.33. The molecule has 0 amide bonds. The van der Waals surface area contributed by atoms with Gasteiger partial charge in [-0.15, -0.1) is 0 Å². The van der Waals surface area contributed by atoms with Crippen LogP contribution < -0.4 is 0 Å². The number of rotatable bonds is 4.